The molecule has 33 heavy (non-hydrogen) atoms. The molecule has 1 aromatic heterocycles. The van der Waals surface area contributed by atoms with E-state index < -0.39 is 0 Å². The number of rotatable bonds is 14. The van der Waals surface area contributed by atoms with Gasteiger partial charge in [0, 0.05) is 23.7 Å². The van der Waals surface area contributed by atoms with Crippen molar-refractivity contribution in [3.8, 4) is 5.75 Å². The van der Waals surface area contributed by atoms with Gasteiger partial charge in [-0.05, 0) is 31.0 Å². The second-order valence-corrected chi connectivity index (χ2v) is 7.61. The predicted molar refractivity (Wildman–Crippen MR) is 130 cm³/mol. The van der Waals surface area contributed by atoms with Crippen molar-refractivity contribution >= 4 is 28.1 Å². The Hall–Kier alpha value is -3.00. The molecule has 0 aliphatic carbocycles. The summed E-state index contributed by atoms with van der Waals surface area (Å²) in [6.07, 6.45) is 2.88. The number of aliphatic hydroxyl groups excluding tert-OH is 1. The second-order valence-electron chi connectivity index (χ2n) is 7.61. The highest BCUT2D eigenvalue weighted by molar-refractivity contribution is 6.09. The smallest absolute Gasteiger partial charge is 0.166 e. The molecule has 7 nitrogen and oxygen atoms in total. The van der Waals surface area contributed by atoms with Gasteiger partial charge in [-0.1, -0.05) is 37.3 Å². The first-order chi connectivity index (χ1) is 16.2. The zero-order valence-electron chi connectivity index (χ0n) is 19.3. The Morgan fingerprint density at radius 1 is 1.00 bits per heavy atom. The number of aryl methyl sites for hydroxylation is 1. The molecule has 0 bridgehead atoms. The summed E-state index contributed by atoms with van der Waals surface area (Å²) in [5.41, 5.74) is 4.04. The van der Waals surface area contributed by atoms with E-state index in [4.69, 9.17) is 19.3 Å². The van der Waals surface area contributed by atoms with Crippen LogP contribution in [0.4, 0.5) is 11.4 Å². The summed E-state index contributed by atoms with van der Waals surface area (Å²) >= 11 is 0. The van der Waals surface area contributed by atoms with Crippen molar-refractivity contribution in [1.82, 2.24) is 4.98 Å². The number of hydrogen-bond donors (Lipinski definition) is 2. The Balaban J connectivity index is 1.82. The van der Waals surface area contributed by atoms with Crippen molar-refractivity contribution in [3.63, 3.8) is 0 Å². The molecule has 3 aromatic rings. The SMILES string of the molecule is CCCC(=O)c1cnc2c(OCCOCCOCCO)cccc2c1Nc1ccccc1C. The third-order valence-corrected chi connectivity index (χ3v) is 5.14. The second kappa shape index (κ2) is 12.9. The van der Waals surface area contributed by atoms with E-state index in [-0.39, 0.29) is 12.4 Å². The summed E-state index contributed by atoms with van der Waals surface area (Å²) in [6, 6.07) is 13.7. The number of fused-ring (bicyclic) bond motifs is 1. The Bertz CT molecular complexity index is 1050. The highest BCUT2D eigenvalue weighted by Crippen LogP contribution is 2.35. The molecule has 0 atom stereocenters. The maximum atomic E-state index is 12.9. The fraction of sp³-hybridized carbons (Fsp3) is 0.385. The van der Waals surface area contributed by atoms with Crippen molar-refractivity contribution in [1.29, 1.82) is 0 Å². The predicted octanol–water partition coefficient (Wildman–Crippen LogP) is 4.67. The van der Waals surface area contributed by atoms with Crippen LogP contribution in [0.3, 0.4) is 0 Å². The largest absolute Gasteiger partial charge is 0.489 e. The number of aromatic nitrogens is 1. The molecule has 2 N–H and O–H groups in total. The number of carbonyl (C=O) groups excluding carboxylic acids is 1. The Labute approximate surface area is 194 Å². The molecular formula is C26H32N2O5. The molecule has 0 radical (unpaired) electrons. The first-order valence-electron chi connectivity index (χ1n) is 11.3. The molecule has 0 saturated carbocycles. The van der Waals surface area contributed by atoms with Crippen molar-refractivity contribution < 1.29 is 24.1 Å². The molecule has 0 unspecified atom stereocenters. The van der Waals surface area contributed by atoms with E-state index in [2.05, 4.69) is 10.3 Å². The van der Waals surface area contributed by atoms with E-state index in [1.54, 1.807) is 6.20 Å². The molecule has 0 aliphatic rings. The molecule has 0 amide bonds. The minimum atomic E-state index is 0.00361. The Kier molecular flexibility index (Phi) is 9.62. The minimum absolute atomic E-state index is 0.00361. The Morgan fingerprint density at radius 2 is 1.76 bits per heavy atom. The van der Waals surface area contributed by atoms with Gasteiger partial charge in [-0.2, -0.15) is 0 Å². The highest BCUT2D eigenvalue weighted by Gasteiger charge is 2.17. The molecule has 0 aliphatic heterocycles. The lowest BCUT2D eigenvalue weighted by molar-refractivity contribution is 0.0248. The maximum absolute atomic E-state index is 12.9. The Morgan fingerprint density at radius 3 is 2.52 bits per heavy atom. The third-order valence-electron chi connectivity index (χ3n) is 5.14. The van der Waals surface area contributed by atoms with Gasteiger partial charge in [0.1, 0.15) is 17.9 Å². The van der Waals surface area contributed by atoms with Crippen LogP contribution >= 0.6 is 0 Å². The number of carbonyl (C=O) groups is 1. The van der Waals surface area contributed by atoms with Gasteiger partial charge in [-0.15, -0.1) is 0 Å². The van der Waals surface area contributed by atoms with Gasteiger partial charge in [-0.3, -0.25) is 9.78 Å². The summed E-state index contributed by atoms with van der Waals surface area (Å²) in [5.74, 6) is 0.695. The van der Waals surface area contributed by atoms with Crippen LogP contribution < -0.4 is 10.1 Å². The van der Waals surface area contributed by atoms with Crippen LogP contribution in [0.15, 0.2) is 48.7 Å². The van der Waals surface area contributed by atoms with Crippen LogP contribution in [0.2, 0.25) is 0 Å². The zero-order valence-corrected chi connectivity index (χ0v) is 19.3. The molecule has 7 heteroatoms. The number of ketones is 1. The van der Waals surface area contributed by atoms with E-state index in [0.29, 0.717) is 56.3 Å². The van der Waals surface area contributed by atoms with Gasteiger partial charge in [-0.25, -0.2) is 0 Å². The van der Waals surface area contributed by atoms with Crippen molar-refractivity contribution in [2.75, 3.05) is 45.0 Å². The summed E-state index contributed by atoms with van der Waals surface area (Å²) in [5, 5.41) is 13.0. The number of nitrogens with one attached hydrogen (secondary N) is 1. The summed E-state index contributed by atoms with van der Waals surface area (Å²) in [6.45, 7) is 5.96. The number of nitrogens with zero attached hydrogens (tertiary/aromatic N) is 1. The highest BCUT2D eigenvalue weighted by atomic mass is 16.5. The van der Waals surface area contributed by atoms with Gasteiger partial charge >= 0.3 is 0 Å². The number of para-hydroxylation sites is 2. The van der Waals surface area contributed by atoms with Gasteiger partial charge in [0.25, 0.3) is 0 Å². The van der Waals surface area contributed by atoms with Crippen LogP contribution in [0, 0.1) is 6.92 Å². The first-order valence-corrected chi connectivity index (χ1v) is 11.3. The van der Waals surface area contributed by atoms with Gasteiger partial charge in [0.05, 0.1) is 44.3 Å². The molecular weight excluding hydrogens is 420 g/mol. The van der Waals surface area contributed by atoms with E-state index in [1.165, 1.54) is 0 Å². The van der Waals surface area contributed by atoms with Crippen LogP contribution in [-0.4, -0.2) is 55.5 Å². The standard InChI is InChI=1S/C26H32N2O5/c1-3-7-23(30)21-18-27-26-20(25(21)28-22-10-5-4-8-19(22)2)9-6-11-24(26)33-17-16-32-15-14-31-13-12-29/h4-6,8-11,18,29H,3,7,12-17H2,1-2H3,(H,27,28). The van der Waals surface area contributed by atoms with E-state index >= 15 is 0 Å². The minimum Gasteiger partial charge on any atom is -0.489 e. The molecule has 0 spiro atoms. The number of benzene rings is 2. The maximum Gasteiger partial charge on any atom is 0.166 e. The monoisotopic (exact) mass is 452 g/mol. The summed E-state index contributed by atoms with van der Waals surface area (Å²) < 4.78 is 16.6. The molecule has 3 rings (SSSR count). The van der Waals surface area contributed by atoms with E-state index in [1.807, 2.05) is 56.3 Å². The fourth-order valence-electron chi connectivity index (χ4n) is 3.47. The van der Waals surface area contributed by atoms with Crippen molar-refractivity contribution in [2.24, 2.45) is 0 Å². The average Bonchev–Trinajstić information content (AvgIpc) is 2.82. The number of anilines is 2. The zero-order chi connectivity index (χ0) is 23.5. The van der Waals surface area contributed by atoms with Crippen molar-refractivity contribution in [2.45, 2.75) is 26.7 Å². The van der Waals surface area contributed by atoms with Gasteiger partial charge in [0.2, 0.25) is 0 Å². The summed E-state index contributed by atoms with van der Waals surface area (Å²) in [4.78, 5) is 17.4. The molecule has 0 saturated heterocycles. The molecule has 176 valence electrons. The first kappa shape index (κ1) is 24.6. The molecule has 2 aromatic carbocycles. The fourth-order valence-corrected chi connectivity index (χ4v) is 3.47. The number of Topliss-reactive ketones (excluding diaryl/α,β-unsaturated/α-hetero) is 1. The van der Waals surface area contributed by atoms with Crippen LogP contribution in [0.25, 0.3) is 10.9 Å². The van der Waals surface area contributed by atoms with Crippen LogP contribution in [0.5, 0.6) is 5.75 Å². The third kappa shape index (κ3) is 6.74. The molecule has 0 fully saturated rings. The topological polar surface area (TPSA) is 89.9 Å². The summed E-state index contributed by atoms with van der Waals surface area (Å²) in [7, 11) is 0. The average molecular weight is 453 g/mol. The van der Waals surface area contributed by atoms with Gasteiger partial charge in [0.15, 0.2) is 5.78 Å². The number of ether oxygens (including phenoxy) is 3. The molecule has 1 heterocycles. The van der Waals surface area contributed by atoms with E-state index in [9.17, 15) is 4.79 Å². The van der Waals surface area contributed by atoms with Gasteiger partial charge < -0.3 is 24.6 Å². The quantitative estimate of drug-likeness (QED) is 0.271. The van der Waals surface area contributed by atoms with Crippen molar-refractivity contribution in [3.05, 3.63) is 59.8 Å². The number of hydrogen-bond acceptors (Lipinski definition) is 7. The van der Waals surface area contributed by atoms with Crippen LogP contribution in [0.1, 0.15) is 35.7 Å². The lowest BCUT2D eigenvalue weighted by Crippen LogP contribution is -2.12. The lowest BCUT2D eigenvalue weighted by Gasteiger charge is -2.17. The lowest BCUT2D eigenvalue weighted by atomic mass is 10.0. The number of pyridine rings is 1. The van der Waals surface area contributed by atoms with Crippen LogP contribution in [-0.2, 0) is 9.47 Å². The normalized spacial score (nSPS) is 11.0. The van der Waals surface area contributed by atoms with E-state index in [0.717, 1.165) is 28.7 Å². The number of aliphatic hydroxyl groups is 1.